The monoisotopic (exact) mass is 827 g/mol. The molecule has 0 heterocycles. The molecule has 1 aliphatic rings. The summed E-state index contributed by atoms with van der Waals surface area (Å²) in [5, 5.41) is 3.07. The fourth-order valence-electron chi connectivity index (χ4n) is 6.50. The molecule has 16 nitrogen and oxygen atoms in total. The second kappa shape index (κ2) is 26.0. The number of rotatable bonds is 31. The van der Waals surface area contributed by atoms with Crippen LogP contribution in [0.5, 0.6) is 0 Å². The number of nitrogens with zero attached hydrogens (tertiary/aromatic N) is 2. The lowest BCUT2D eigenvalue weighted by Crippen LogP contribution is -2.59. The van der Waals surface area contributed by atoms with Crippen molar-refractivity contribution in [3.05, 3.63) is 0 Å². The Labute approximate surface area is 313 Å². The third-order valence-electron chi connectivity index (χ3n) is 8.38. The highest BCUT2D eigenvalue weighted by Crippen LogP contribution is 2.51. The molecule has 1 fully saturated rings. The van der Waals surface area contributed by atoms with Crippen LogP contribution in [0.3, 0.4) is 0 Å². The Kier molecular flexibility index (Phi) is 25.0. The third kappa shape index (κ3) is 18.3. The molecule has 0 aromatic carbocycles. The summed E-state index contributed by atoms with van der Waals surface area (Å²) in [6.45, 7) is 18.2. The molecule has 1 N–H and O–H groups in total. The predicted molar refractivity (Wildman–Crippen MR) is 205 cm³/mol. The number of nitrogens with one attached hydrogen (secondary N) is 1. The molecule has 0 unspecified atom stereocenters. The number of hydrogen-bond donors (Lipinski definition) is 1. The van der Waals surface area contributed by atoms with Gasteiger partial charge < -0.3 is 41.5 Å². The molecule has 0 saturated heterocycles. The maximum Gasteiger partial charge on any atom is 0.331 e. The molecule has 0 aliphatic heterocycles. The van der Waals surface area contributed by atoms with Gasteiger partial charge in [-0.3, -0.25) is 32.9 Å². The molecule has 0 aromatic rings. The Hall–Kier alpha value is -0.0100. The van der Waals surface area contributed by atoms with Crippen molar-refractivity contribution in [2.24, 2.45) is 0 Å². The van der Waals surface area contributed by atoms with Crippen LogP contribution >= 0.6 is 30.4 Å². The molecule has 3 atom stereocenters. The molecule has 1 amide bonds. The second-order valence-corrected chi connectivity index (χ2v) is 20.8. The van der Waals surface area contributed by atoms with Crippen molar-refractivity contribution in [1.29, 1.82) is 0 Å². The zero-order chi connectivity index (χ0) is 39.3. The van der Waals surface area contributed by atoms with Crippen LogP contribution in [0.15, 0.2) is 0 Å². The molecule has 20 heteroatoms. The lowest BCUT2D eigenvalue weighted by molar-refractivity contribution is -0.120. The Bertz CT molecular complexity index is 1090. The van der Waals surface area contributed by atoms with Crippen LogP contribution in [-0.2, 0) is 59.2 Å². The largest absolute Gasteiger partial charge is 0.354 e. The molecule has 0 aromatic heterocycles. The Morgan fingerprint density at radius 3 is 1.02 bits per heavy atom. The number of carbonyl (C=O) groups excluding carboxylic acids is 1. The van der Waals surface area contributed by atoms with E-state index in [1.54, 1.807) is 55.4 Å². The van der Waals surface area contributed by atoms with Crippen LogP contribution in [-0.4, -0.2) is 138 Å². The Balaban J connectivity index is 3.78. The molecule has 1 saturated carbocycles. The van der Waals surface area contributed by atoms with Crippen molar-refractivity contribution in [2.75, 3.05) is 104 Å². The van der Waals surface area contributed by atoms with Gasteiger partial charge >= 0.3 is 30.4 Å². The van der Waals surface area contributed by atoms with E-state index in [0.29, 0.717) is 19.3 Å². The van der Waals surface area contributed by atoms with Gasteiger partial charge in [0.1, 0.15) is 0 Å². The highest BCUT2D eigenvalue weighted by molar-refractivity contribution is 7.54. The molecule has 310 valence electrons. The van der Waals surface area contributed by atoms with Gasteiger partial charge in [0.15, 0.2) is 0 Å². The lowest BCUT2D eigenvalue weighted by Gasteiger charge is -2.48. The van der Waals surface area contributed by atoms with Crippen LogP contribution in [0.25, 0.3) is 0 Å². The molecule has 1 aliphatic carbocycles. The van der Waals surface area contributed by atoms with Crippen molar-refractivity contribution in [3.63, 3.8) is 0 Å². The standard InChI is InChI=1S/C32H69N3O13P4/c1-10-41-49(37,42-11-2)24-20-34(21-25-50(38,43-12-3)44-13-4)31-19-18-30(33-29(9)36)28-32(31)35(22-26-51(39,45-14-5)46-15-6)23-27-52(40,47-16-7)48-17-8/h30-32H,10-28H2,1-9H3,(H,33,36)/t30-,31+,32+/m1/s1. The maximum atomic E-state index is 13.7. The summed E-state index contributed by atoms with van der Waals surface area (Å²) in [4.78, 5) is 16.5. The van der Waals surface area contributed by atoms with E-state index in [1.165, 1.54) is 6.92 Å². The average Bonchev–Trinajstić information content (AvgIpc) is 3.06. The zero-order valence-corrected chi connectivity index (χ0v) is 36.7. The second-order valence-electron chi connectivity index (χ2n) is 12.1. The molecule has 0 radical (unpaired) electrons. The van der Waals surface area contributed by atoms with E-state index in [4.69, 9.17) is 36.2 Å². The first kappa shape index (κ1) is 50.0. The normalized spacial score (nSPS) is 19.1. The summed E-state index contributed by atoms with van der Waals surface area (Å²) in [7, 11) is -13.9. The first-order valence-corrected chi connectivity index (χ1v) is 25.8. The van der Waals surface area contributed by atoms with E-state index in [9.17, 15) is 23.1 Å². The smallest absolute Gasteiger partial charge is 0.331 e. The van der Waals surface area contributed by atoms with Crippen molar-refractivity contribution in [3.8, 4) is 0 Å². The van der Waals surface area contributed by atoms with Crippen LogP contribution in [0.2, 0.25) is 0 Å². The van der Waals surface area contributed by atoms with Crippen LogP contribution in [0.4, 0.5) is 0 Å². The maximum absolute atomic E-state index is 13.7. The topological polar surface area (TPSA) is 178 Å². The molecule has 0 spiro atoms. The van der Waals surface area contributed by atoms with Gasteiger partial charge in [-0.1, -0.05) is 0 Å². The summed E-state index contributed by atoms with van der Waals surface area (Å²) in [6, 6.07) is -0.762. The fourth-order valence-corrected chi connectivity index (χ4v) is 13.0. The summed E-state index contributed by atoms with van der Waals surface area (Å²) >= 11 is 0. The Morgan fingerprint density at radius 2 is 0.769 bits per heavy atom. The van der Waals surface area contributed by atoms with Crippen molar-refractivity contribution < 1.29 is 59.2 Å². The molecular formula is C32H69N3O13P4. The zero-order valence-electron chi connectivity index (χ0n) is 33.2. The molecule has 52 heavy (non-hydrogen) atoms. The van der Waals surface area contributed by atoms with Gasteiger partial charge in [-0.15, -0.1) is 0 Å². The number of hydrogen-bond acceptors (Lipinski definition) is 15. The summed E-state index contributed by atoms with van der Waals surface area (Å²) in [5.41, 5.74) is 0. The summed E-state index contributed by atoms with van der Waals surface area (Å²) in [5.74, 6) is -0.163. The summed E-state index contributed by atoms with van der Waals surface area (Å²) < 4.78 is 100. The van der Waals surface area contributed by atoms with E-state index < -0.39 is 30.4 Å². The first-order valence-electron chi connectivity index (χ1n) is 18.9. The predicted octanol–water partition coefficient (Wildman–Crippen LogP) is 7.08. The van der Waals surface area contributed by atoms with Crippen molar-refractivity contribution in [2.45, 2.75) is 99.7 Å². The number of amides is 1. The van der Waals surface area contributed by atoms with E-state index in [1.807, 2.05) is 0 Å². The van der Waals surface area contributed by atoms with E-state index in [2.05, 4.69) is 15.1 Å². The molecule has 1 rings (SSSR count). The first-order chi connectivity index (χ1) is 24.6. The van der Waals surface area contributed by atoms with Gasteiger partial charge in [0.05, 0.1) is 77.5 Å². The molecular weight excluding hydrogens is 758 g/mol. The lowest BCUT2D eigenvalue weighted by atomic mass is 9.84. The number of carbonyl (C=O) groups is 1. The third-order valence-corrected chi connectivity index (χ3v) is 16.6. The highest BCUT2D eigenvalue weighted by atomic mass is 31.2. The van der Waals surface area contributed by atoms with Crippen molar-refractivity contribution >= 4 is 36.3 Å². The minimum Gasteiger partial charge on any atom is -0.354 e. The average molecular weight is 828 g/mol. The van der Waals surface area contributed by atoms with Gasteiger partial charge in [-0.2, -0.15) is 0 Å². The van der Waals surface area contributed by atoms with Gasteiger partial charge in [-0.25, -0.2) is 0 Å². The van der Waals surface area contributed by atoms with E-state index in [0.717, 1.165) is 0 Å². The minimum atomic E-state index is -3.49. The van der Waals surface area contributed by atoms with Crippen molar-refractivity contribution in [1.82, 2.24) is 15.1 Å². The van der Waals surface area contributed by atoms with Crippen LogP contribution < -0.4 is 5.32 Å². The van der Waals surface area contributed by atoms with E-state index >= 15 is 0 Å². The van der Waals surface area contributed by atoms with Gasteiger partial charge in [0.2, 0.25) is 5.91 Å². The van der Waals surface area contributed by atoms with E-state index in [-0.39, 0.29) is 128 Å². The fraction of sp³-hybridized carbons (Fsp3) is 0.969. The Morgan fingerprint density at radius 1 is 0.500 bits per heavy atom. The summed E-state index contributed by atoms with van der Waals surface area (Å²) in [6.07, 6.45) is 2.00. The van der Waals surface area contributed by atoms with Gasteiger partial charge in [0, 0.05) is 51.2 Å². The highest BCUT2D eigenvalue weighted by Gasteiger charge is 2.41. The SMILES string of the molecule is CCOP(=O)(CCN(CCP(=O)(OCC)OCC)[C@H]1CC[C@@H](NC(C)=O)C[C@@H]1N(CCP(=O)(OCC)OCC)CCP(=O)(OCC)OCC)OCC. The minimum absolute atomic E-state index is 0.0596. The van der Waals surface area contributed by atoms with Crippen LogP contribution in [0.1, 0.15) is 81.6 Å². The van der Waals surface area contributed by atoms with Crippen LogP contribution in [0, 0.1) is 0 Å². The molecule has 0 bridgehead atoms. The van der Waals surface area contributed by atoms with Gasteiger partial charge in [0.25, 0.3) is 0 Å². The van der Waals surface area contributed by atoms with Gasteiger partial charge in [-0.05, 0) is 74.7 Å². The quantitative estimate of drug-likeness (QED) is 0.0701.